The second kappa shape index (κ2) is 5.71. The van der Waals surface area contributed by atoms with E-state index < -0.39 is 0 Å². The minimum atomic E-state index is 0.147. The van der Waals surface area contributed by atoms with Crippen LogP contribution in [0.4, 0.5) is 10.9 Å². The molecule has 1 aromatic carbocycles. The van der Waals surface area contributed by atoms with Crippen LogP contribution >= 0.6 is 22.9 Å². The lowest BCUT2D eigenvalue weighted by Gasteiger charge is -2.11. The van der Waals surface area contributed by atoms with Gasteiger partial charge in [0.15, 0.2) is 16.6 Å². The maximum absolute atomic E-state index is 5.98. The maximum Gasteiger partial charge on any atom is 0.224 e. The average Bonchev–Trinajstić information content (AvgIpc) is 2.98. The van der Waals surface area contributed by atoms with Crippen LogP contribution in [0.15, 0.2) is 23.7 Å². The lowest BCUT2D eigenvalue weighted by atomic mass is 10.2. The van der Waals surface area contributed by atoms with Crippen molar-refractivity contribution in [2.45, 2.75) is 0 Å². The smallest absolute Gasteiger partial charge is 0.224 e. The van der Waals surface area contributed by atoms with Crippen molar-refractivity contribution in [3.05, 3.63) is 29.0 Å². The number of rotatable bonds is 4. The van der Waals surface area contributed by atoms with E-state index in [9.17, 15) is 0 Å². The topological polar surface area (TPSA) is 69.2 Å². The Morgan fingerprint density at radius 1 is 1.14 bits per heavy atom. The van der Waals surface area contributed by atoms with Gasteiger partial charge in [-0.1, -0.05) is 0 Å². The van der Waals surface area contributed by atoms with Crippen molar-refractivity contribution in [2.75, 3.05) is 19.5 Å². The molecule has 0 amide bonds. The van der Waals surface area contributed by atoms with Gasteiger partial charge in [0.2, 0.25) is 5.28 Å². The summed E-state index contributed by atoms with van der Waals surface area (Å²) in [5, 5.41) is 6.64. The van der Waals surface area contributed by atoms with Gasteiger partial charge >= 0.3 is 0 Å². The molecule has 0 spiro atoms. The van der Waals surface area contributed by atoms with E-state index in [0.717, 1.165) is 10.5 Å². The van der Waals surface area contributed by atoms with Crippen LogP contribution in [0.25, 0.3) is 10.9 Å². The summed E-state index contributed by atoms with van der Waals surface area (Å²) in [7, 11) is 3.15. The van der Waals surface area contributed by atoms with Gasteiger partial charge in [0.1, 0.15) is 5.82 Å². The fraction of sp³-hybridized carbons (Fsp3) is 0.154. The Morgan fingerprint density at radius 2 is 1.90 bits per heavy atom. The molecular weight excluding hydrogens is 312 g/mol. The van der Waals surface area contributed by atoms with Crippen LogP contribution < -0.4 is 14.8 Å². The van der Waals surface area contributed by atoms with Crippen LogP contribution in [0.5, 0.6) is 11.5 Å². The Morgan fingerprint density at radius 3 is 2.57 bits per heavy atom. The van der Waals surface area contributed by atoms with Crippen molar-refractivity contribution < 1.29 is 9.47 Å². The van der Waals surface area contributed by atoms with Crippen LogP contribution in [0.1, 0.15) is 0 Å². The largest absolute Gasteiger partial charge is 0.493 e. The summed E-state index contributed by atoms with van der Waals surface area (Å²) in [6.45, 7) is 0. The second-order valence-electron chi connectivity index (χ2n) is 4.03. The molecule has 1 N–H and O–H groups in total. The molecule has 108 valence electrons. The zero-order valence-electron chi connectivity index (χ0n) is 11.3. The van der Waals surface area contributed by atoms with Gasteiger partial charge in [-0.3, -0.25) is 0 Å². The number of benzene rings is 1. The van der Waals surface area contributed by atoms with Gasteiger partial charge in [0, 0.05) is 23.0 Å². The molecule has 0 fully saturated rings. The zero-order chi connectivity index (χ0) is 14.8. The first kappa shape index (κ1) is 13.8. The molecule has 0 bridgehead atoms. The van der Waals surface area contributed by atoms with E-state index in [0.29, 0.717) is 22.8 Å². The number of nitrogens with zero attached hydrogens (tertiary/aromatic N) is 3. The van der Waals surface area contributed by atoms with Crippen LogP contribution in [0.3, 0.4) is 0 Å². The molecule has 8 heteroatoms. The average molecular weight is 323 g/mol. The molecular formula is C13H11ClN4O2S. The lowest BCUT2D eigenvalue weighted by molar-refractivity contribution is 0.356. The molecule has 2 heterocycles. The molecule has 0 atom stereocenters. The lowest BCUT2D eigenvalue weighted by Crippen LogP contribution is -1.98. The van der Waals surface area contributed by atoms with Crippen molar-refractivity contribution >= 4 is 44.8 Å². The number of hydrogen-bond donors (Lipinski definition) is 1. The predicted molar refractivity (Wildman–Crippen MR) is 83.0 cm³/mol. The number of hydrogen-bond acceptors (Lipinski definition) is 7. The molecule has 3 aromatic rings. The Bertz CT molecular complexity index is 779. The first-order valence-electron chi connectivity index (χ1n) is 5.97. The van der Waals surface area contributed by atoms with Crippen molar-refractivity contribution in [1.29, 1.82) is 0 Å². The number of anilines is 2. The number of methoxy groups -OCH3 is 2. The highest BCUT2D eigenvalue weighted by Crippen LogP contribution is 2.35. The molecule has 0 unspecified atom stereocenters. The molecule has 0 aliphatic heterocycles. The zero-order valence-corrected chi connectivity index (χ0v) is 12.8. The Balaban J connectivity index is 2.18. The summed E-state index contributed by atoms with van der Waals surface area (Å²) in [5.41, 5.74) is 0.659. The van der Waals surface area contributed by atoms with Gasteiger partial charge in [-0.2, -0.15) is 4.98 Å². The van der Waals surface area contributed by atoms with Gasteiger partial charge < -0.3 is 14.8 Å². The van der Waals surface area contributed by atoms with E-state index in [-0.39, 0.29) is 5.28 Å². The van der Waals surface area contributed by atoms with Crippen LogP contribution in [-0.2, 0) is 0 Å². The van der Waals surface area contributed by atoms with Crippen LogP contribution in [-0.4, -0.2) is 29.2 Å². The standard InChI is InChI=1S/C13H11ClN4O2S/c1-19-9-5-7-8(6-10(9)20-2)16-12(14)17-11(7)18-13-15-3-4-21-13/h3-6H,1-2H3,(H,15,16,17,18). The van der Waals surface area contributed by atoms with Gasteiger partial charge in [-0.05, 0) is 17.7 Å². The normalized spacial score (nSPS) is 10.6. The Kier molecular flexibility index (Phi) is 3.76. The summed E-state index contributed by atoms with van der Waals surface area (Å²) in [6.07, 6.45) is 1.71. The monoisotopic (exact) mass is 322 g/mol. The summed E-state index contributed by atoms with van der Waals surface area (Å²) in [5.74, 6) is 1.75. The minimum Gasteiger partial charge on any atom is -0.493 e. The van der Waals surface area contributed by atoms with E-state index in [1.54, 1.807) is 32.5 Å². The van der Waals surface area contributed by atoms with Gasteiger partial charge in [0.25, 0.3) is 0 Å². The SMILES string of the molecule is COc1cc2nc(Cl)nc(Nc3nccs3)c2cc1OC. The van der Waals surface area contributed by atoms with Crippen LogP contribution in [0, 0.1) is 0 Å². The molecule has 0 radical (unpaired) electrons. The quantitative estimate of drug-likeness (QED) is 0.741. The van der Waals surface area contributed by atoms with E-state index in [1.807, 2.05) is 5.38 Å². The van der Waals surface area contributed by atoms with Crippen molar-refractivity contribution in [1.82, 2.24) is 15.0 Å². The summed E-state index contributed by atoms with van der Waals surface area (Å²) in [4.78, 5) is 12.6. The molecule has 0 aliphatic carbocycles. The minimum absolute atomic E-state index is 0.147. The number of aromatic nitrogens is 3. The molecule has 0 aliphatic rings. The molecule has 21 heavy (non-hydrogen) atoms. The van der Waals surface area contributed by atoms with Gasteiger partial charge in [-0.15, -0.1) is 11.3 Å². The van der Waals surface area contributed by atoms with E-state index in [1.165, 1.54) is 11.3 Å². The summed E-state index contributed by atoms with van der Waals surface area (Å²) < 4.78 is 10.6. The third-order valence-corrected chi connectivity index (χ3v) is 3.69. The number of thiazole rings is 1. The molecule has 0 saturated carbocycles. The van der Waals surface area contributed by atoms with Gasteiger partial charge in [0.05, 0.1) is 19.7 Å². The van der Waals surface area contributed by atoms with Crippen molar-refractivity contribution in [3.63, 3.8) is 0 Å². The molecule has 2 aromatic heterocycles. The maximum atomic E-state index is 5.98. The fourth-order valence-corrected chi connectivity index (χ4v) is 2.61. The second-order valence-corrected chi connectivity index (χ2v) is 5.26. The van der Waals surface area contributed by atoms with E-state index >= 15 is 0 Å². The third kappa shape index (κ3) is 2.70. The van der Waals surface area contributed by atoms with Crippen LogP contribution in [0.2, 0.25) is 5.28 Å². The molecule has 6 nitrogen and oxygen atoms in total. The first-order valence-corrected chi connectivity index (χ1v) is 7.23. The highest BCUT2D eigenvalue weighted by molar-refractivity contribution is 7.13. The van der Waals surface area contributed by atoms with Gasteiger partial charge in [-0.25, -0.2) is 9.97 Å². The molecule has 3 rings (SSSR count). The Labute approximate surface area is 129 Å². The highest BCUT2D eigenvalue weighted by Gasteiger charge is 2.13. The first-order chi connectivity index (χ1) is 10.2. The predicted octanol–water partition coefficient (Wildman–Crippen LogP) is 3.50. The Hall–Kier alpha value is -2.12. The number of halogens is 1. The fourth-order valence-electron chi connectivity index (χ4n) is 1.91. The number of fused-ring (bicyclic) bond motifs is 1. The molecule has 0 saturated heterocycles. The highest BCUT2D eigenvalue weighted by atomic mass is 35.5. The van der Waals surface area contributed by atoms with E-state index in [4.69, 9.17) is 21.1 Å². The summed E-state index contributed by atoms with van der Waals surface area (Å²) in [6, 6.07) is 3.56. The summed E-state index contributed by atoms with van der Waals surface area (Å²) >= 11 is 7.45. The third-order valence-electron chi connectivity index (χ3n) is 2.83. The number of ether oxygens (including phenoxy) is 2. The van der Waals surface area contributed by atoms with E-state index in [2.05, 4.69) is 20.3 Å². The number of nitrogens with one attached hydrogen (secondary N) is 1. The van der Waals surface area contributed by atoms with Crippen molar-refractivity contribution in [2.24, 2.45) is 0 Å². The van der Waals surface area contributed by atoms with Crippen molar-refractivity contribution in [3.8, 4) is 11.5 Å².